The molecule has 20 heavy (non-hydrogen) atoms. The van der Waals surface area contributed by atoms with Gasteiger partial charge in [0, 0.05) is 40.5 Å². The average molecular weight is 357 g/mol. The van der Waals surface area contributed by atoms with E-state index in [0.29, 0.717) is 17.5 Å². The number of rotatable bonds is 2. The third kappa shape index (κ3) is 2.28. The van der Waals surface area contributed by atoms with Crippen LogP contribution in [0.25, 0.3) is 0 Å². The highest BCUT2D eigenvalue weighted by molar-refractivity contribution is 9.10. The normalized spacial score (nSPS) is 32.2. The molecule has 0 aliphatic carbocycles. The number of alkyl halides is 1. The monoisotopic (exact) mass is 355 g/mol. The molecule has 3 aliphatic heterocycles. The van der Waals surface area contributed by atoms with Crippen molar-refractivity contribution in [3.63, 3.8) is 0 Å². The second kappa shape index (κ2) is 5.19. The van der Waals surface area contributed by atoms with E-state index in [9.17, 15) is 0 Å². The maximum Gasteiger partial charge on any atom is 0.127 e. The first-order valence-electron chi connectivity index (χ1n) is 7.54. The highest BCUT2D eigenvalue weighted by atomic mass is 79.9. The number of ether oxygens (including phenoxy) is 1. The summed E-state index contributed by atoms with van der Waals surface area (Å²) in [7, 11) is 0. The first-order chi connectivity index (χ1) is 9.70. The van der Waals surface area contributed by atoms with E-state index in [2.05, 4.69) is 33.0 Å². The van der Waals surface area contributed by atoms with Crippen molar-refractivity contribution < 1.29 is 4.74 Å². The molecule has 2 nitrogen and oxygen atoms in total. The Balaban J connectivity index is 1.61. The molecule has 2 saturated heterocycles. The summed E-state index contributed by atoms with van der Waals surface area (Å²) in [6.45, 7) is 1.84. The quantitative estimate of drug-likeness (QED) is 0.739. The molecule has 108 valence electrons. The number of hydrogen-bond donors (Lipinski definition) is 0. The van der Waals surface area contributed by atoms with Gasteiger partial charge in [-0.25, -0.2) is 0 Å². The Labute approximate surface area is 133 Å². The summed E-state index contributed by atoms with van der Waals surface area (Å²) in [5.74, 6) is 1.14. The van der Waals surface area contributed by atoms with Gasteiger partial charge in [0.05, 0.1) is 6.61 Å². The van der Waals surface area contributed by atoms with Gasteiger partial charge in [0.1, 0.15) is 5.75 Å². The van der Waals surface area contributed by atoms with Crippen molar-refractivity contribution in [2.45, 2.75) is 56.1 Å². The Morgan fingerprint density at radius 3 is 2.75 bits per heavy atom. The van der Waals surface area contributed by atoms with Crippen LogP contribution in [0.4, 0.5) is 0 Å². The van der Waals surface area contributed by atoms with E-state index in [4.69, 9.17) is 16.3 Å². The van der Waals surface area contributed by atoms with Gasteiger partial charge in [-0.3, -0.25) is 4.90 Å². The van der Waals surface area contributed by atoms with Crippen LogP contribution in [0.3, 0.4) is 0 Å². The molecule has 4 rings (SSSR count). The predicted octanol–water partition coefficient (Wildman–Crippen LogP) is 4.12. The summed E-state index contributed by atoms with van der Waals surface area (Å²) in [5, 5.41) is 0.383. The third-order valence-electron chi connectivity index (χ3n) is 5.01. The Morgan fingerprint density at radius 1 is 1.25 bits per heavy atom. The number of hydrogen-bond acceptors (Lipinski definition) is 2. The van der Waals surface area contributed by atoms with Gasteiger partial charge in [0.2, 0.25) is 0 Å². The molecule has 0 spiro atoms. The van der Waals surface area contributed by atoms with Crippen molar-refractivity contribution in [1.29, 1.82) is 0 Å². The van der Waals surface area contributed by atoms with Crippen LogP contribution in [0.5, 0.6) is 5.75 Å². The number of benzene rings is 1. The van der Waals surface area contributed by atoms with Crippen molar-refractivity contribution in [3.8, 4) is 5.75 Å². The van der Waals surface area contributed by atoms with Crippen LogP contribution in [0.2, 0.25) is 0 Å². The Morgan fingerprint density at radius 2 is 2.00 bits per heavy atom. The van der Waals surface area contributed by atoms with Gasteiger partial charge in [0.15, 0.2) is 0 Å². The van der Waals surface area contributed by atoms with Crippen molar-refractivity contribution in [2.75, 3.05) is 6.61 Å². The summed E-state index contributed by atoms with van der Waals surface area (Å²) >= 11 is 10.0. The van der Waals surface area contributed by atoms with Crippen molar-refractivity contribution in [1.82, 2.24) is 4.90 Å². The molecule has 4 heteroatoms. The summed E-state index contributed by atoms with van der Waals surface area (Å²) in [5.41, 5.74) is 2.70. The molecule has 2 fully saturated rings. The van der Waals surface area contributed by atoms with Gasteiger partial charge in [-0.2, -0.15) is 0 Å². The van der Waals surface area contributed by atoms with Crippen LogP contribution >= 0.6 is 27.5 Å². The van der Waals surface area contributed by atoms with E-state index in [-0.39, 0.29) is 0 Å². The SMILES string of the molecule is ClC1CC2CCC(C1)N2Cc1cc(Br)cc2c1OCC2. The van der Waals surface area contributed by atoms with E-state index >= 15 is 0 Å². The molecule has 0 amide bonds. The lowest BCUT2D eigenvalue weighted by Gasteiger charge is -2.37. The molecule has 0 aromatic heterocycles. The molecule has 0 radical (unpaired) electrons. The summed E-state index contributed by atoms with van der Waals surface area (Å²) in [6, 6.07) is 5.78. The number of nitrogens with zero attached hydrogens (tertiary/aromatic N) is 1. The molecule has 0 saturated carbocycles. The second-order valence-corrected chi connectivity index (χ2v) is 7.81. The number of fused-ring (bicyclic) bond motifs is 3. The highest BCUT2D eigenvalue weighted by Crippen LogP contribution is 2.41. The van der Waals surface area contributed by atoms with Gasteiger partial charge in [-0.05, 0) is 43.4 Å². The van der Waals surface area contributed by atoms with E-state index in [0.717, 1.165) is 38.2 Å². The van der Waals surface area contributed by atoms with Crippen molar-refractivity contribution >= 4 is 27.5 Å². The van der Waals surface area contributed by atoms with Crippen LogP contribution in [0.15, 0.2) is 16.6 Å². The predicted molar refractivity (Wildman–Crippen MR) is 84.6 cm³/mol. The Hall–Kier alpha value is -0.250. The minimum Gasteiger partial charge on any atom is -0.493 e. The lowest BCUT2D eigenvalue weighted by atomic mass is 10.0. The molecule has 3 heterocycles. The van der Waals surface area contributed by atoms with Crippen LogP contribution in [-0.2, 0) is 13.0 Å². The van der Waals surface area contributed by atoms with Crippen LogP contribution in [0, 0.1) is 0 Å². The van der Waals surface area contributed by atoms with Gasteiger partial charge in [-0.15, -0.1) is 11.6 Å². The third-order valence-corrected chi connectivity index (χ3v) is 5.82. The fourth-order valence-corrected chi connectivity index (χ4v) is 5.09. The summed E-state index contributed by atoms with van der Waals surface area (Å²) in [6.07, 6.45) is 5.96. The molecular formula is C16H19BrClNO. The first-order valence-corrected chi connectivity index (χ1v) is 8.77. The fourth-order valence-electron chi connectivity index (χ4n) is 4.13. The van der Waals surface area contributed by atoms with Gasteiger partial charge in [0.25, 0.3) is 0 Å². The van der Waals surface area contributed by atoms with Gasteiger partial charge in [-0.1, -0.05) is 15.9 Å². The second-order valence-electron chi connectivity index (χ2n) is 6.28. The Kier molecular flexibility index (Phi) is 3.48. The van der Waals surface area contributed by atoms with Crippen molar-refractivity contribution in [2.24, 2.45) is 0 Å². The maximum atomic E-state index is 6.37. The Bertz CT molecular complexity index is 521. The van der Waals surface area contributed by atoms with E-state index in [1.165, 1.54) is 28.4 Å². The first kappa shape index (κ1) is 13.4. The fraction of sp³-hybridized carbons (Fsp3) is 0.625. The van der Waals surface area contributed by atoms with Crippen LogP contribution < -0.4 is 4.74 Å². The van der Waals surface area contributed by atoms with Gasteiger partial charge >= 0.3 is 0 Å². The van der Waals surface area contributed by atoms with Crippen LogP contribution in [0.1, 0.15) is 36.8 Å². The standard InChI is InChI=1S/C16H19BrClNO/c17-12-5-10-3-4-20-16(10)11(6-12)9-19-14-1-2-15(19)8-13(18)7-14/h5-6,13-15H,1-4,7-9H2. The zero-order valence-electron chi connectivity index (χ0n) is 11.4. The van der Waals surface area contributed by atoms with Crippen LogP contribution in [-0.4, -0.2) is 29.0 Å². The molecule has 0 N–H and O–H groups in total. The van der Waals surface area contributed by atoms with E-state index in [1.807, 2.05) is 0 Å². The molecule has 2 atom stereocenters. The molecule has 1 aromatic rings. The van der Waals surface area contributed by atoms with Gasteiger partial charge < -0.3 is 4.74 Å². The zero-order chi connectivity index (χ0) is 13.7. The molecule has 1 aromatic carbocycles. The smallest absolute Gasteiger partial charge is 0.127 e. The van der Waals surface area contributed by atoms with E-state index < -0.39 is 0 Å². The lowest BCUT2D eigenvalue weighted by molar-refractivity contribution is 0.133. The largest absolute Gasteiger partial charge is 0.493 e. The maximum absolute atomic E-state index is 6.37. The number of piperidine rings is 1. The average Bonchev–Trinajstić information content (AvgIpc) is 2.94. The zero-order valence-corrected chi connectivity index (χ0v) is 13.8. The molecule has 2 unspecified atom stereocenters. The number of halogens is 2. The molecule has 3 aliphatic rings. The molecule has 2 bridgehead atoms. The molecular weight excluding hydrogens is 338 g/mol. The highest BCUT2D eigenvalue weighted by Gasteiger charge is 2.40. The minimum absolute atomic E-state index is 0.383. The summed E-state index contributed by atoms with van der Waals surface area (Å²) < 4.78 is 7.04. The van der Waals surface area contributed by atoms with E-state index in [1.54, 1.807) is 0 Å². The van der Waals surface area contributed by atoms with Crippen molar-refractivity contribution in [3.05, 3.63) is 27.7 Å². The minimum atomic E-state index is 0.383. The summed E-state index contributed by atoms with van der Waals surface area (Å²) in [4.78, 5) is 2.67. The topological polar surface area (TPSA) is 12.5 Å². The lowest BCUT2D eigenvalue weighted by Crippen LogP contribution is -2.42.